The molecule has 0 unspecified atom stereocenters. The maximum absolute atomic E-state index is 12.0. The Morgan fingerprint density at radius 2 is 2.13 bits per heavy atom. The number of likely N-dealkylation sites (N-methyl/N-ethyl adjacent to an activating group) is 1. The van der Waals surface area contributed by atoms with E-state index in [-0.39, 0.29) is 12.5 Å². The van der Waals surface area contributed by atoms with Crippen LogP contribution in [0.5, 0.6) is 0 Å². The average molecular weight is 335 g/mol. The first-order valence-electron chi connectivity index (χ1n) is 7.20. The maximum Gasteiger partial charge on any atom is 0.240 e. The molecule has 1 amide bonds. The summed E-state index contributed by atoms with van der Waals surface area (Å²) in [6.45, 7) is 5.27. The first kappa shape index (κ1) is 17.5. The Morgan fingerprint density at radius 3 is 2.83 bits per heavy atom. The number of pyridine rings is 1. The molecule has 1 N–H and O–H groups in total. The number of aromatic nitrogens is 3. The molecule has 0 atom stereocenters. The predicted octanol–water partition coefficient (Wildman–Crippen LogP) is 1.77. The van der Waals surface area contributed by atoms with E-state index < -0.39 is 0 Å². The quantitative estimate of drug-likeness (QED) is 0.830. The number of anilines is 1. The number of carbonyl (C=O) groups excluding carboxylic acids is 1. The lowest BCUT2D eigenvalue weighted by atomic mass is 10.2. The minimum atomic E-state index is -0.128. The Labute approximate surface area is 139 Å². The zero-order valence-corrected chi connectivity index (χ0v) is 14.6. The zero-order valence-electron chi connectivity index (χ0n) is 13.8. The summed E-state index contributed by atoms with van der Waals surface area (Å²) in [6, 6.07) is 4.06. The average Bonchev–Trinajstić information content (AvgIpc) is 2.84. The minimum Gasteiger partial charge on any atom is -0.377 e. The lowest BCUT2D eigenvalue weighted by Gasteiger charge is -2.15. The van der Waals surface area contributed by atoms with Crippen molar-refractivity contribution in [2.75, 3.05) is 26.0 Å². The van der Waals surface area contributed by atoms with Gasteiger partial charge in [0.15, 0.2) is 0 Å². The smallest absolute Gasteiger partial charge is 0.240 e. The number of ether oxygens (including phenoxy) is 1. The highest BCUT2D eigenvalue weighted by Crippen LogP contribution is 2.15. The summed E-state index contributed by atoms with van der Waals surface area (Å²) in [6.07, 6.45) is 0. The Kier molecular flexibility index (Phi) is 6.14. The van der Waals surface area contributed by atoms with Crippen molar-refractivity contribution in [2.45, 2.75) is 27.0 Å². The van der Waals surface area contributed by atoms with Crippen LogP contribution in [0.25, 0.3) is 0 Å². The van der Waals surface area contributed by atoms with Crippen molar-refractivity contribution >= 4 is 22.4 Å². The lowest BCUT2D eigenvalue weighted by Crippen LogP contribution is -2.30. The first-order valence-corrected chi connectivity index (χ1v) is 8.02. The lowest BCUT2D eigenvalue weighted by molar-refractivity contribution is -0.117. The SMILES string of the molecule is COCc1nnc(NC(=O)CN(C)Cc2cc(C)cc(C)n2)s1. The molecule has 8 heteroatoms. The third kappa shape index (κ3) is 5.66. The molecule has 2 rings (SSSR count). The largest absolute Gasteiger partial charge is 0.377 e. The van der Waals surface area contributed by atoms with Crippen LogP contribution in [0.4, 0.5) is 5.13 Å². The molecule has 2 heterocycles. The molecule has 0 saturated heterocycles. The minimum absolute atomic E-state index is 0.128. The summed E-state index contributed by atoms with van der Waals surface area (Å²) in [5.74, 6) is -0.128. The number of hydrogen-bond donors (Lipinski definition) is 1. The van der Waals surface area contributed by atoms with Crippen LogP contribution in [-0.4, -0.2) is 46.7 Å². The van der Waals surface area contributed by atoms with E-state index in [0.29, 0.717) is 18.3 Å². The monoisotopic (exact) mass is 335 g/mol. The highest BCUT2D eigenvalue weighted by molar-refractivity contribution is 7.15. The van der Waals surface area contributed by atoms with Crippen LogP contribution in [0.3, 0.4) is 0 Å². The van der Waals surface area contributed by atoms with Crippen LogP contribution in [-0.2, 0) is 22.7 Å². The van der Waals surface area contributed by atoms with Crippen LogP contribution in [0.2, 0.25) is 0 Å². The van der Waals surface area contributed by atoms with Gasteiger partial charge in [-0.25, -0.2) is 0 Å². The molecule has 0 aromatic carbocycles. The summed E-state index contributed by atoms with van der Waals surface area (Å²) in [5.41, 5.74) is 3.11. The van der Waals surface area contributed by atoms with Gasteiger partial charge in [0.1, 0.15) is 11.6 Å². The fourth-order valence-corrected chi connectivity index (χ4v) is 2.96. The second-order valence-electron chi connectivity index (χ2n) is 5.43. The van der Waals surface area contributed by atoms with E-state index in [1.807, 2.05) is 37.9 Å². The van der Waals surface area contributed by atoms with E-state index in [9.17, 15) is 4.79 Å². The van der Waals surface area contributed by atoms with Gasteiger partial charge in [-0.05, 0) is 38.6 Å². The van der Waals surface area contributed by atoms with E-state index in [1.54, 1.807) is 7.11 Å². The van der Waals surface area contributed by atoms with Crippen LogP contribution >= 0.6 is 11.3 Å². The third-order valence-electron chi connectivity index (χ3n) is 2.98. The Bertz CT molecular complexity index is 653. The normalized spacial score (nSPS) is 11.0. The van der Waals surface area contributed by atoms with Gasteiger partial charge in [-0.3, -0.25) is 20.0 Å². The van der Waals surface area contributed by atoms with Gasteiger partial charge in [-0.2, -0.15) is 0 Å². The van der Waals surface area contributed by atoms with E-state index >= 15 is 0 Å². The summed E-state index contributed by atoms with van der Waals surface area (Å²) in [4.78, 5) is 18.4. The molecule has 0 fully saturated rings. The van der Waals surface area contributed by atoms with Crippen molar-refractivity contribution in [2.24, 2.45) is 0 Å². The van der Waals surface area contributed by atoms with Gasteiger partial charge in [0.25, 0.3) is 0 Å². The molecule has 0 radical (unpaired) electrons. The molecule has 0 aliphatic rings. The van der Waals surface area contributed by atoms with E-state index in [2.05, 4.69) is 20.5 Å². The second kappa shape index (κ2) is 8.09. The van der Waals surface area contributed by atoms with Crippen LogP contribution in [0.15, 0.2) is 12.1 Å². The molecular weight excluding hydrogens is 314 g/mol. The number of nitrogens with zero attached hydrogens (tertiary/aromatic N) is 4. The number of nitrogens with one attached hydrogen (secondary N) is 1. The molecule has 0 bridgehead atoms. The predicted molar refractivity (Wildman–Crippen MR) is 89.3 cm³/mol. The Balaban J connectivity index is 1.86. The number of aryl methyl sites for hydroxylation is 2. The summed E-state index contributed by atoms with van der Waals surface area (Å²) >= 11 is 1.31. The fourth-order valence-electron chi connectivity index (χ4n) is 2.23. The molecule has 2 aromatic rings. The number of amides is 1. The molecule has 0 saturated carbocycles. The summed E-state index contributed by atoms with van der Waals surface area (Å²) in [5, 5.41) is 11.8. The van der Waals surface area contributed by atoms with Crippen molar-refractivity contribution in [1.82, 2.24) is 20.1 Å². The number of carbonyl (C=O) groups is 1. The van der Waals surface area contributed by atoms with E-state index in [4.69, 9.17) is 4.74 Å². The van der Waals surface area contributed by atoms with Gasteiger partial charge in [-0.15, -0.1) is 10.2 Å². The topological polar surface area (TPSA) is 80.2 Å². The van der Waals surface area contributed by atoms with Crippen LogP contribution < -0.4 is 5.32 Å². The van der Waals surface area contributed by atoms with Crippen LogP contribution in [0.1, 0.15) is 22.0 Å². The first-order chi connectivity index (χ1) is 11.0. The summed E-state index contributed by atoms with van der Waals surface area (Å²) < 4.78 is 4.98. The molecule has 0 spiro atoms. The highest BCUT2D eigenvalue weighted by Gasteiger charge is 2.11. The molecular formula is C15H21N5O2S. The van der Waals surface area contributed by atoms with Gasteiger partial charge in [0.2, 0.25) is 11.0 Å². The molecule has 124 valence electrons. The fraction of sp³-hybridized carbons (Fsp3) is 0.467. The molecule has 2 aromatic heterocycles. The van der Waals surface area contributed by atoms with E-state index in [0.717, 1.165) is 16.4 Å². The van der Waals surface area contributed by atoms with E-state index in [1.165, 1.54) is 16.9 Å². The summed E-state index contributed by atoms with van der Waals surface area (Å²) in [7, 11) is 3.48. The van der Waals surface area contributed by atoms with Gasteiger partial charge in [-0.1, -0.05) is 11.3 Å². The Hall–Kier alpha value is -1.90. The van der Waals surface area contributed by atoms with Crippen LogP contribution in [0, 0.1) is 13.8 Å². The Morgan fingerprint density at radius 1 is 1.35 bits per heavy atom. The van der Waals surface area contributed by atoms with Crippen molar-refractivity contribution in [3.05, 3.63) is 34.1 Å². The second-order valence-corrected chi connectivity index (χ2v) is 6.49. The molecule has 23 heavy (non-hydrogen) atoms. The maximum atomic E-state index is 12.0. The standard InChI is InChI=1S/C15H21N5O2S/c1-10-5-11(2)16-12(6-10)7-20(3)8-13(21)17-15-19-18-14(23-15)9-22-4/h5-6H,7-9H2,1-4H3,(H,17,19,21). The number of methoxy groups -OCH3 is 1. The third-order valence-corrected chi connectivity index (χ3v) is 3.79. The van der Waals surface area contributed by atoms with Gasteiger partial charge >= 0.3 is 0 Å². The van der Waals surface area contributed by atoms with Crippen molar-refractivity contribution in [3.8, 4) is 0 Å². The number of hydrogen-bond acceptors (Lipinski definition) is 7. The molecule has 7 nitrogen and oxygen atoms in total. The number of rotatable bonds is 7. The molecule has 0 aliphatic carbocycles. The van der Waals surface area contributed by atoms with Crippen molar-refractivity contribution in [1.29, 1.82) is 0 Å². The molecule has 0 aliphatic heterocycles. The van der Waals surface area contributed by atoms with Crippen molar-refractivity contribution < 1.29 is 9.53 Å². The zero-order chi connectivity index (χ0) is 16.8. The van der Waals surface area contributed by atoms with Gasteiger partial charge in [0, 0.05) is 19.3 Å². The highest BCUT2D eigenvalue weighted by atomic mass is 32.1. The van der Waals surface area contributed by atoms with Gasteiger partial charge < -0.3 is 4.74 Å². The van der Waals surface area contributed by atoms with Crippen molar-refractivity contribution in [3.63, 3.8) is 0 Å². The van der Waals surface area contributed by atoms with Gasteiger partial charge in [0.05, 0.1) is 12.2 Å².